The van der Waals surface area contributed by atoms with Crippen LogP contribution in [0.5, 0.6) is 0 Å². The molecular formula is C12H19FN2O. The average molecular weight is 226 g/mol. The summed E-state index contributed by atoms with van der Waals surface area (Å²) in [7, 11) is 1.65. The molecule has 0 spiro atoms. The highest BCUT2D eigenvalue weighted by molar-refractivity contribution is 5.25. The van der Waals surface area contributed by atoms with Gasteiger partial charge in [0.2, 0.25) is 0 Å². The summed E-state index contributed by atoms with van der Waals surface area (Å²) in [4.78, 5) is 0. The summed E-state index contributed by atoms with van der Waals surface area (Å²) in [5.41, 5.74) is 4.16. The van der Waals surface area contributed by atoms with Crippen LogP contribution < -0.4 is 11.3 Å². The molecule has 0 saturated carbocycles. The zero-order valence-electron chi connectivity index (χ0n) is 9.96. The molecule has 0 aliphatic carbocycles. The smallest absolute Gasteiger partial charge is 0.126 e. The van der Waals surface area contributed by atoms with Gasteiger partial charge in [-0.15, -0.1) is 0 Å². The predicted molar refractivity (Wildman–Crippen MR) is 62.3 cm³/mol. The summed E-state index contributed by atoms with van der Waals surface area (Å²) >= 11 is 0. The Morgan fingerprint density at radius 3 is 2.69 bits per heavy atom. The zero-order valence-corrected chi connectivity index (χ0v) is 9.96. The first-order valence-corrected chi connectivity index (χ1v) is 5.33. The average Bonchev–Trinajstić information content (AvgIpc) is 2.29. The first-order valence-electron chi connectivity index (χ1n) is 5.33. The fourth-order valence-corrected chi connectivity index (χ4v) is 1.55. The Morgan fingerprint density at radius 2 is 2.19 bits per heavy atom. The SMILES string of the molecule is COC(C)CC(NN)c1ccc(C)c(F)c1. The Bertz CT molecular complexity index is 344. The van der Waals surface area contributed by atoms with Crippen LogP contribution in [-0.4, -0.2) is 13.2 Å². The second kappa shape index (κ2) is 5.94. The van der Waals surface area contributed by atoms with Gasteiger partial charge in [0.1, 0.15) is 5.82 Å². The van der Waals surface area contributed by atoms with Crippen molar-refractivity contribution in [3.63, 3.8) is 0 Å². The third-order valence-corrected chi connectivity index (χ3v) is 2.77. The van der Waals surface area contributed by atoms with E-state index in [1.54, 1.807) is 20.1 Å². The van der Waals surface area contributed by atoms with Crippen molar-refractivity contribution in [1.29, 1.82) is 0 Å². The van der Waals surface area contributed by atoms with Gasteiger partial charge in [0.15, 0.2) is 0 Å². The van der Waals surface area contributed by atoms with E-state index in [2.05, 4.69) is 5.43 Å². The third kappa shape index (κ3) is 3.27. The highest BCUT2D eigenvalue weighted by atomic mass is 19.1. The maximum absolute atomic E-state index is 13.4. The van der Waals surface area contributed by atoms with Gasteiger partial charge in [-0.1, -0.05) is 12.1 Å². The molecule has 0 aliphatic rings. The second-order valence-corrected chi connectivity index (χ2v) is 4.01. The van der Waals surface area contributed by atoms with Crippen LogP contribution in [0.25, 0.3) is 0 Å². The van der Waals surface area contributed by atoms with E-state index in [0.29, 0.717) is 12.0 Å². The number of methoxy groups -OCH3 is 1. The molecule has 4 heteroatoms. The number of halogens is 1. The van der Waals surface area contributed by atoms with Gasteiger partial charge in [-0.05, 0) is 37.5 Å². The lowest BCUT2D eigenvalue weighted by molar-refractivity contribution is 0.100. The predicted octanol–water partition coefficient (Wildman–Crippen LogP) is 2.06. The molecule has 0 heterocycles. The Labute approximate surface area is 95.8 Å². The van der Waals surface area contributed by atoms with E-state index < -0.39 is 0 Å². The van der Waals surface area contributed by atoms with E-state index in [9.17, 15) is 4.39 Å². The number of nitrogens with two attached hydrogens (primary N) is 1. The number of nitrogens with one attached hydrogen (secondary N) is 1. The van der Waals surface area contributed by atoms with Crippen LogP contribution in [0.4, 0.5) is 4.39 Å². The van der Waals surface area contributed by atoms with Gasteiger partial charge in [-0.3, -0.25) is 11.3 Å². The van der Waals surface area contributed by atoms with E-state index >= 15 is 0 Å². The molecule has 1 rings (SSSR count). The summed E-state index contributed by atoms with van der Waals surface area (Å²) in [6.45, 7) is 3.69. The van der Waals surface area contributed by atoms with Crippen molar-refractivity contribution in [2.75, 3.05) is 7.11 Å². The summed E-state index contributed by atoms with van der Waals surface area (Å²) < 4.78 is 18.6. The maximum atomic E-state index is 13.4. The van der Waals surface area contributed by atoms with Crippen molar-refractivity contribution >= 4 is 0 Å². The first-order chi connectivity index (χ1) is 7.58. The lowest BCUT2D eigenvalue weighted by atomic mass is 10.0. The third-order valence-electron chi connectivity index (χ3n) is 2.77. The number of benzene rings is 1. The van der Waals surface area contributed by atoms with E-state index in [0.717, 1.165) is 5.56 Å². The van der Waals surface area contributed by atoms with Crippen LogP contribution >= 0.6 is 0 Å². The van der Waals surface area contributed by atoms with Gasteiger partial charge in [0.25, 0.3) is 0 Å². The molecule has 2 unspecified atom stereocenters. The van der Waals surface area contributed by atoms with Gasteiger partial charge < -0.3 is 4.74 Å². The number of ether oxygens (including phenoxy) is 1. The Morgan fingerprint density at radius 1 is 1.50 bits per heavy atom. The highest BCUT2D eigenvalue weighted by Gasteiger charge is 2.14. The van der Waals surface area contributed by atoms with Gasteiger partial charge in [-0.25, -0.2) is 4.39 Å². The van der Waals surface area contributed by atoms with Crippen molar-refractivity contribution in [2.45, 2.75) is 32.4 Å². The van der Waals surface area contributed by atoms with Crippen LogP contribution in [0.2, 0.25) is 0 Å². The molecule has 90 valence electrons. The standard InChI is InChI=1S/C12H19FN2O/c1-8-4-5-10(7-11(8)13)12(15-14)6-9(2)16-3/h4-5,7,9,12,15H,6,14H2,1-3H3. The minimum atomic E-state index is -0.206. The minimum absolute atomic E-state index is 0.0745. The molecule has 1 aromatic rings. The Hall–Kier alpha value is -0.970. The molecule has 16 heavy (non-hydrogen) atoms. The summed E-state index contributed by atoms with van der Waals surface area (Å²) in [6.07, 6.45) is 0.778. The molecule has 0 radical (unpaired) electrons. The highest BCUT2D eigenvalue weighted by Crippen LogP contribution is 2.20. The molecule has 3 N–H and O–H groups in total. The Kier molecular flexibility index (Phi) is 4.86. The van der Waals surface area contributed by atoms with Crippen molar-refractivity contribution < 1.29 is 9.13 Å². The largest absolute Gasteiger partial charge is 0.382 e. The van der Waals surface area contributed by atoms with Crippen molar-refractivity contribution in [2.24, 2.45) is 5.84 Å². The fraction of sp³-hybridized carbons (Fsp3) is 0.500. The summed E-state index contributed by atoms with van der Waals surface area (Å²) in [5.74, 6) is 5.26. The number of hydrazine groups is 1. The molecular weight excluding hydrogens is 207 g/mol. The second-order valence-electron chi connectivity index (χ2n) is 4.01. The van der Waals surface area contributed by atoms with Gasteiger partial charge in [-0.2, -0.15) is 0 Å². The zero-order chi connectivity index (χ0) is 12.1. The number of aryl methyl sites for hydroxylation is 1. The van der Waals surface area contributed by atoms with E-state index in [1.165, 1.54) is 6.07 Å². The van der Waals surface area contributed by atoms with Crippen LogP contribution in [0.1, 0.15) is 30.5 Å². The molecule has 0 amide bonds. The summed E-state index contributed by atoms with van der Waals surface area (Å²) in [5, 5.41) is 0. The van der Waals surface area contributed by atoms with Gasteiger partial charge in [0, 0.05) is 13.2 Å². The van der Waals surface area contributed by atoms with Crippen LogP contribution in [0.3, 0.4) is 0 Å². The molecule has 2 atom stereocenters. The normalized spacial score (nSPS) is 14.8. The molecule has 3 nitrogen and oxygen atoms in total. The monoisotopic (exact) mass is 226 g/mol. The Balaban J connectivity index is 2.82. The van der Waals surface area contributed by atoms with Gasteiger partial charge >= 0.3 is 0 Å². The van der Waals surface area contributed by atoms with Crippen molar-refractivity contribution in [3.8, 4) is 0 Å². The lowest BCUT2D eigenvalue weighted by Crippen LogP contribution is -2.30. The van der Waals surface area contributed by atoms with Crippen LogP contribution in [0, 0.1) is 12.7 Å². The first kappa shape index (κ1) is 13.1. The lowest BCUT2D eigenvalue weighted by Gasteiger charge is -2.20. The maximum Gasteiger partial charge on any atom is 0.126 e. The van der Waals surface area contributed by atoms with E-state index in [1.807, 2.05) is 13.0 Å². The van der Waals surface area contributed by atoms with E-state index in [-0.39, 0.29) is 18.0 Å². The number of hydrogen-bond donors (Lipinski definition) is 2. The number of rotatable bonds is 5. The quantitative estimate of drug-likeness (QED) is 0.597. The molecule has 0 aliphatic heterocycles. The van der Waals surface area contributed by atoms with Crippen molar-refractivity contribution in [1.82, 2.24) is 5.43 Å². The molecule has 0 bridgehead atoms. The number of hydrogen-bond acceptors (Lipinski definition) is 3. The minimum Gasteiger partial charge on any atom is -0.382 e. The molecule has 0 fully saturated rings. The molecule has 0 aromatic heterocycles. The van der Waals surface area contributed by atoms with E-state index in [4.69, 9.17) is 10.6 Å². The van der Waals surface area contributed by atoms with Crippen LogP contribution in [0.15, 0.2) is 18.2 Å². The van der Waals surface area contributed by atoms with Crippen molar-refractivity contribution in [3.05, 3.63) is 35.1 Å². The topological polar surface area (TPSA) is 47.3 Å². The van der Waals surface area contributed by atoms with Crippen LogP contribution in [-0.2, 0) is 4.74 Å². The summed E-state index contributed by atoms with van der Waals surface area (Å²) in [6, 6.07) is 5.06. The molecule has 1 aromatic carbocycles. The molecule has 0 saturated heterocycles. The van der Waals surface area contributed by atoms with Gasteiger partial charge in [0.05, 0.1) is 6.10 Å². The fourth-order valence-electron chi connectivity index (χ4n) is 1.55.